The minimum atomic E-state index is -0.250. The van der Waals surface area contributed by atoms with Gasteiger partial charge in [-0.05, 0) is 41.6 Å². The van der Waals surface area contributed by atoms with Gasteiger partial charge < -0.3 is 5.11 Å². The summed E-state index contributed by atoms with van der Waals surface area (Å²) in [5, 5.41) is 9.84. The highest BCUT2D eigenvalue weighted by Crippen LogP contribution is 2.25. The van der Waals surface area contributed by atoms with Crippen LogP contribution in [-0.4, -0.2) is 11.6 Å². The SMILES string of the molecule is Cc1cc(-c2ccc(Cl)cc2)cs1.O=CO. The Kier molecular flexibility index (Phi) is 5.02. The minimum Gasteiger partial charge on any atom is -0.483 e. The molecule has 1 heterocycles. The van der Waals surface area contributed by atoms with Crippen LogP contribution in [0.5, 0.6) is 0 Å². The Morgan fingerprint density at radius 3 is 2.25 bits per heavy atom. The van der Waals surface area contributed by atoms with Crippen molar-refractivity contribution in [1.29, 1.82) is 0 Å². The molecule has 1 N–H and O–H groups in total. The Balaban J connectivity index is 0.000000386. The number of carboxylic acid groups (broad SMARTS) is 1. The molecule has 2 rings (SSSR count). The van der Waals surface area contributed by atoms with E-state index in [1.54, 1.807) is 11.3 Å². The number of hydrogen-bond donors (Lipinski definition) is 1. The second-order valence-electron chi connectivity index (χ2n) is 3.06. The maximum Gasteiger partial charge on any atom is 0.290 e. The zero-order chi connectivity index (χ0) is 12.0. The van der Waals surface area contributed by atoms with E-state index >= 15 is 0 Å². The zero-order valence-corrected chi connectivity index (χ0v) is 10.3. The molecule has 0 aliphatic heterocycles. The molecule has 0 fully saturated rings. The number of carbonyl (C=O) groups is 1. The quantitative estimate of drug-likeness (QED) is 0.779. The zero-order valence-electron chi connectivity index (χ0n) is 8.68. The van der Waals surface area contributed by atoms with Crippen molar-refractivity contribution >= 4 is 29.4 Å². The van der Waals surface area contributed by atoms with Crippen LogP contribution in [0.1, 0.15) is 4.88 Å². The van der Waals surface area contributed by atoms with Gasteiger partial charge >= 0.3 is 0 Å². The first-order chi connectivity index (χ1) is 7.67. The Hall–Kier alpha value is -1.32. The average Bonchev–Trinajstić information content (AvgIpc) is 2.67. The largest absolute Gasteiger partial charge is 0.483 e. The summed E-state index contributed by atoms with van der Waals surface area (Å²) in [5.74, 6) is 0. The first-order valence-electron chi connectivity index (χ1n) is 4.56. The molecule has 84 valence electrons. The van der Waals surface area contributed by atoms with Gasteiger partial charge in [-0.25, -0.2) is 0 Å². The maximum atomic E-state index is 8.36. The van der Waals surface area contributed by atoms with Crippen molar-refractivity contribution in [2.45, 2.75) is 6.92 Å². The normalized spacial score (nSPS) is 9.12. The van der Waals surface area contributed by atoms with Gasteiger partial charge in [0.05, 0.1) is 0 Å². The Labute approximate surface area is 103 Å². The first kappa shape index (κ1) is 12.7. The smallest absolute Gasteiger partial charge is 0.290 e. The van der Waals surface area contributed by atoms with Crippen molar-refractivity contribution in [3.63, 3.8) is 0 Å². The number of hydrogen-bond acceptors (Lipinski definition) is 2. The van der Waals surface area contributed by atoms with Crippen LogP contribution in [0.3, 0.4) is 0 Å². The summed E-state index contributed by atoms with van der Waals surface area (Å²) in [6.45, 7) is 1.87. The number of benzene rings is 1. The highest BCUT2D eigenvalue weighted by Gasteiger charge is 1.98. The van der Waals surface area contributed by atoms with Gasteiger partial charge in [0.1, 0.15) is 0 Å². The molecule has 0 bridgehead atoms. The molecule has 0 radical (unpaired) electrons. The first-order valence-corrected chi connectivity index (χ1v) is 5.82. The average molecular weight is 255 g/mol. The lowest BCUT2D eigenvalue weighted by Gasteiger charge is -1.96. The van der Waals surface area contributed by atoms with Gasteiger partial charge in [-0.15, -0.1) is 11.3 Å². The third-order valence-corrected chi connectivity index (χ3v) is 3.02. The molecule has 1 aromatic carbocycles. The van der Waals surface area contributed by atoms with E-state index in [2.05, 4.69) is 18.4 Å². The molecule has 0 saturated heterocycles. The molecule has 0 saturated carbocycles. The van der Waals surface area contributed by atoms with Gasteiger partial charge in [0.25, 0.3) is 6.47 Å². The topological polar surface area (TPSA) is 37.3 Å². The maximum absolute atomic E-state index is 8.36. The summed E-state index contributed by atoms with van der Waals surface area (Å²) in [5.41, 5.74) is 2.51. The number of rotatable bonds is 1. The molecular formula is C12H11ClO2S. The summed E-state index contributed by atoms with van der Waals surface area (Å²) < 4.78 is 0. The second kappa shape index (κ2) is 6.30. The fraction of sp³-hybridized carbons (Fsp3) is 0.0833. The molecule has 1 aromatic heterocycles. The molecule has 0 atom stereocenters. The molecule has 16 heavy (non-hydrogen) atoms. The van der Waals surface area contributed by atoms with Crippen LogP contribution in [0, 0.1) is 6.92 Å². The van der Waals surface area contributed by atoms with Gasteiger partial charge in [-0.3, -0.25) is 4.79 Å². The van der Waals surface area contributed by atoms with E-state index in [1.165, 1.54) is 16.0 Å². The summed E-state index contributed by atoms with van der Waals surface area (Å²) in [4.78, 5) is 9.70. The molecular weight excluding hydrogens is 244 g/mol. The van der Waals surface area contributed by atoms with Crippen LogP contribution >= 0.6 is 22.9 Å². The second-order valence-corrected chi connectivity index (χ2v) is 4.61. The third-order valence-electron chi connectivity index (χ3n) is 1.91. The van der Waals surface area contributed by atoms with E-state index in [0.717, 1.165) is 5.02 Å². The van der Waals surface area contributed by atoms with E-state index in [9.17, 15) is 0 Å². The lowest BCUT2D eigenvalue weighted by Crippen LogP contribution is -1.71. The van der Waals surface area contributed by atoms with Crippen LogP contribution in [0.4, 0.5) is 0 Å². The van der Waals surface area contributed by atoms with Crippen LogP contribution in [-0.2, 0) is 4.79 Å². The van der Waals surface area contributed by atoms with Gasteiger partial charge in [0, 0.05) is 9.90 Å². The summed E-state index contributed by atoms with van der Waals surface area (Å²) >= 11 is 7.58. The van der Waals surface area contributed by atoms with Crippen molar-refractivity contribution in [1.82, 2.24) is 0 Å². The van der Waals surface area contributed by atoms with Crippen LogP contribution < -0.4 is 0 Å². The van der Waals surface area contributed by atoms with E-state index in [0.29, 0.717) is 0 Å². The van der Waals surface area contributed by atoms with Crippen molar-refractivity contribution < 1.29 is 9.90 Å². The molecule has 0 spiro atoms. The van der Waals surface area contributed by atoms with E-state index < -0.39 is 0 Å². The fourth-order valence-corrected chi connectivity index (χ4v) is 2.08. The number of thiophene rings is 1. The lowest BCUT2D eigenvalue weighted by atomic mass is 10.1. The Morgan fingerprint density at radius 1 is 1.25 bits per heavy atom. The Bertz CT molecular complexity index is 448. The number of halogens is 1. The predicted octanol–water partition coefficient (Wildman–Crippen LogP) is 4.08. The summed E-state index contributed by atoms with van der Waals surface area (Å²) in [6, 6.07) is 10.1. The molecule has 2 aromatic rings. The standard InChI is InChI=1S/C11H9ClS.CH2O2/c1-8-6-10(7-13-8)9-2-4-11(12)5-3-9;2-1-3/h2-7H,1H3;1H,(H,2,3). The van der Waals surface area contributed by atoms with Gasteiger partial charge in [-0.1, -0.05) is 23.7 Å². The van der Waals surface area contributed by atoms with E-state index in [-0.39, 0.29) is 6.47 Å². The highest BCUT2D eigenvalue weighted by molar-refractivity contribution is 7.10. The van der Waals surface area contributed by atoms with E-state index in [4.69, 9.17) is 21.5 Å². The van der Waals surface area contributed by atoms with Crippen molar-refractivity contribution in [2.24, 2.45) is 0 Å². The van der Waals surface area contributed by atoms with Crippen LogP contribution in [0.25, 0.3) is 11.1 Å². The van der Waals surface area contributed by atoms with Crippen molar-refractivity contribution in [2.75, 3.05) is 0 Å². The third kappa shape index (κ3) is 3.68. The molecule has 0 amide bonds. The molecule has 0 aliphatic carbocycles. The van der Waals surface area contributed by atoms with Crippen LogP contribution in [0.2, 0.25) is 5.02 Å². The van der Waals surface area contributed by atoms with Crippen molar-refractivity contribution in [3.8, 4) is 11.1 Å². The summed E-state index contributed by atoms with van der Waals surface area (Å²) in [6.07, 6.45) is 0. The Morgan fingerprint density at radius 2 is 1.81 bits per heavy atom. The van der Waals surface area contributed by atoms with Gasteiger partial charge in [0.15, 0.2) is 0 Å². The molecule has 0 aliphatic rings. The van der Waals surface area contributed by atoms with Crippen LogP contribution in [0.15, 0.2) is 35.7 Å². The van der Waals surface area contributed by atoms with Gasteiger partial charge in [0.2, 0.25) is 0 Å². The van der Waals surface area contributed by atoms with Crippen molar-refractivity contribution in [3.05, 3.63) is 45.6 Å². The monoisotopic (exact) mass is 254 g/mol. The summed E-state index contributed by atoms with van der Waals surface area (Å²) in [7, 11) is 0. The predicted molar refractivity (Wildman–Crippen MR) is 68.2 cm³/mol. The molecule has 0 unspecified atom stereocenters. The number of aryl methyl sites for hydroxylation is 1. The molecule has 4 heteroatoms. The lowest BCUT2D eigenvalue weighted by molar-refractivity contribution is -0.122. The highest BCUT2D eigenvalue weighted by atomic mass is 35.5. The van der Waals surface area contributed by atoms with Gasteiger partial charge in [-0.2, -0.15) is 0 Å². The minimum absolute atomic E-state index is 0.250. The van der Waals surface area contributed by atoms with E-state index in [1.807, 2.05) is 24.3 Å². The fourth-order valence-electron chi connectivity index (χ4n) is 1.24. The molecule has 2 nitrogen and oxygen atoms in total.